The van der Waals surface area contributed by atoms with Crippen molar-refractivity contribution in [2.75, 3.05) is 19.4 Å². The molecule has 0 aliphatic heterocycles. The molecule has 0 radical (unpaired) electrons. The Bertz CT molecular complexity index is 1130. The number of thioether (sulfide) groups is 1. The molecule has 0 saturated carbocycles. The zero-order chi connectivity index (χ0) is 21.5. The highest BCUT2D eigenvalue weighted by Gasteiger charge is 2.11. The topological polar surface area (TPSA) is 95.1 Å². The number of amides is 1. The second-order valence-corrected chi connectivity index (χ2v) is 7.55. The summed E-state index contributed by atoms with van der Waals surface area (Å²) in [6, 6.07) is 17.2. The van der Waals surface area contributed by atoms with Gasteiger partial charge in [-0.25, -0.2) is 4.68 Å². The number of benzene rings is 2. The SMILES string of the molecule is COc1ccc(-c2nnc(SCC(=O)NCCc3cnn(-c4ccccc4)c3)o2)cc1. The van der Waals surface area contributed by atoms with Gasteiger partial charge in [-0.05, 0) is 48.4 Å². The predicted molar refractivity (Wildman–Crippen MR) is 117 cm³/mol. The molecule has 8 nitrogen and oxygen atoms in total. The molecule has 4 rings (SSSR count). The summed E-state index contributed by atoms with van der Waals surface area (Å²) in [5.41, 5.74) is 2.85. The first-order valence-electron chi connectivity index (χ1n) is 9.67. The highest BCUT2D eigenvalue weighted by molar-refractivity contribution is 7.99. The predicted octanol–water partition coefficient (Wildman–Crippen LogP) is 3.38. The molecule has 4 aromatic rings. The molecule has 2 aromatic carbocycles. The molecule has 1 amide bonds. The molecule has 0 spiro atoms. The van der Waals surface area contributed by atoms with Crippen molar-refractivity contribution in [1.29, 1.82) is 0 Å². The van der Waals surface area contributed by atoms with Crippen LogP contribution in [0.5, 0.6) is 5.75 Å². The summed E-state index contributed by atoms with van der Waals surface area (Å²) < 4.78 is 12.6. The molecule has 0 atom stereocenters. The summed E-state index contributed by atoms with van der Waals surface area (Å²) in [6.07, 6.45) is 4.48. The van der Waals surface area contributed by atoms with Crippen LogP contribution in [-0.4, -0.2) is 45.3 Å². The average molecular weight is 436 g/mol. The Labute approximate surface area is 183 Å². The van der Waals surface area contributed by atoms with Crippen molar-refractivity contribution < 1.29 is 13.9 Å². The van der Waals surface area contributed by atoms with E-state index in [0.717, 1.165) is 22.6 Å². The number of nitrogens with zero attached hydrogens (tertiary/aromatic N) is 4. The van der Waals surface area contributed by atoms with Gasteiger partial charge in [-0.1, -0.05) is 30.0 Å². The summed E-state index contributed by atoms with van der Waals surface area (Å²) in [7, 11) is 1.61. The zero-order valence-electron chi connectivity index (χ0n) is 16.9. The number of nitrogens with one attached hydrogen (secondary N) is 1. The quantitative estimate of drug-likeness (QED) is 0.403. The lowest BCUT2D eigenvalue weighted by Crippen LogP contribution is -2.27. The normalized spacial score (nSPS) is 10.7. The highest BCUT2D eigenvalue weighted by atomic mass is 32.2. The van der Waals surface area contributed by atoms with E-state index >= 15 is 0 Å². The number of rotatable bonds is 9. The van der Waals surface area contributed by atoms with E-state index < -0.39 is 0 Å². The molecule has 0 unspecified atom stereocenters. The lowest BCUT2D eigenvalue weighted by atomic mass is 10.2. The molecule has 0 saturated heterocycles. The second kappa shape index (κ2) is 9.94. The van der Waals surface area contributed by atoms with Gasteiger partial charge in [0, 0.05) is 18.3 Å². The van der Waals surface area contributed by atoms with Gasteiger partial charge in [0.05, 0.1) is 24.7 Å². The minimum atomic E-state index is -0.0929. The van der Waals surface area contributed by atoms with Crippen LogP contribution in [0.1, 0.15) is 5.56 Å². The Morgan fingerprint density at radius 3 is 2.71 bits per heavy atom. The van der Waals surface area contributed by atoms with E-state index in [-0.39, 0.29) is 11.7 Å². The number of methoxy groups -OCH3 is 1. The molecule has 0 aliphatic carbocycles. The summed E-state index contributed by atoms with van der Waals surface area (Å²) in [5, 5.41) is 15.6. The Hall–Kier alpha value is -3.59. The third-order valence-electron chi connectivity index (χ3n) is 4.46. The van der Waals surface area contributed by atoms with E-state index in [9.17, 15) is 4.79 Å². The van der Waals surface area contributed by atoms with E-state index in [2.05, 4.69) is 20.6 Å². The van der Waals surface area contributed by atoms with Crippen molar-refractivity contribution in [3.8, 4) is 22.9 Å². The highest BCUT2D eigenvalue weighted by Crippen LogP contribution is 2.24. The molecule has 0 fully saturated rings. The number of ether oxygens (including phenoxy) is 1. The third-order valence-corrected chi connectivity index (χ3v) is 5.28. The van der Waals surface area contributed by atoms with Gasteiger partial charge in [0.15, 0.2) is 0 Å². The molecule has 9 heteroatoms. The summed E-state index contributed by atoms with van der Waals surface area (Å²) >= 11 is 1.21. The van der Waals surface area contributed by atoms with Crippen molar-refractivity contribution in [2.24, 2.45) is 0 Å². The van der Waals surface area contributed by atoms with Gasteiger partial charge >= 0.3 is 0 Å². The van der Waals surface area contributed by atoms with E-state index in [0.29, 0.717) is 24.1 Å². The molecular weight excluding hydrogens is 414 g/mol. The second-order valence-electron chi connectivity index (χ2n) is 6.62. The number of hydrogen-bond acceptors (Lipinski definition) is 7. The van der Waals surface area contributed by atoms with Crippen LogP contribution in [0, 0.1) is 0 Å². The molecule has 0 bridgehead atoms. The number of carbonyl (C=O) groups excluding carboxylic acids is 1. The van der Waals surface area contributed by atoms with Gasteiger partial charge in [-0.15, -0.1) is 10.2 Å². The molecule has 1 N–H and O–H groups in total. The minimum Gasteiger partial charge on any atom is -0.497 e. The number of carbonyl (C=O) groups is 1. The molecule has 158 valence electrons. The van der Waals surface area contributed by atoms with Crippen molar-refractivity contribution in [1.82, 2.24) is 25.3 Å². The molecule has 0 aliphatic rings. The van der Waals surface area contributed by atoms with Crippen LogP contribution >= 0.6 is 11.8 Å². The lowest BCUT2D eigenvalue weighted by Gasteiger charge is -2.03. The molecule has 2 aromatic heterocycles. The Kier molecular flexibility index (Phi) is 6.63. The van der Waals surface area contributed by atoms with Crippen LogP contribution in [0.3, 0.4) is 0 Å². The minimum absolute atomic E-state index is 0.0929. The third kappa shape index (κ3) is 5.52. The Morgan fingerprint density at radius 1 is 1.13 bits per heavy atom. The number of para-hydroxylation sites is 1. The van der Waals surface area contributed by atoms with Crippen LogP contribution < -0.4 is 10.1 Å². The maximum Gasteiger partial charge on any atom is 0.277 e. The van der Waals surface area contributed by atoms with Crippen LogP contribution in [0.2, 0.25) is 0 Å². The van der Waals surface area contributed by atoms with Gasteiger partial charge in [-0.2, -0.15) is 5.10 Å². The van der Waals surface area contributed by atoms with Crippen molar-refractivity contribution >= 4 is 17.7 Å². The Morgan fingerprint density at radius 2 is 1.94 bits per heavy atom. The maximum atomic E-state index is 12.1. The van der Waals surface area contributed by atoms with Crippen molar-refractivity contribution in [3.63, 3.8) is 0 Å². The van der Waals surface area contributed by atoms with E-state index in [1.54, 1.807) is 7.11 Å². The van der Waals surface area contributed by atoms with Gasteiger partial charge in [0.1, 0.15) is 5.75 Å². The number of hydrogen-bond donors (Lipinski definition) is 1. The van der Waals surface area contributed by atoms with Gasteiger partial charge in [0.25, 0.3) is 5.22 Å². The van der Waals surface area contributed by atoms with Crippen LogP contribution in [0.4, 0.5) is 0 Å². The fourth-order valence-electron chi connectivity index (χ4n) is 2.85. The van der Waals surface area contributed by atoms with E-state index in [1.807, 2.05) is 71.7 Å². The molecule has 31 heavy (non-hydrogen) atoms. The zero-order valence-corrected chi connectivity index (χ0v) is 17.7. The van der Waals surface area contributed by atoms with Gasteiger partial charge in [-0.3, -0.25) is 4.79 Å². The lowest BCUT2D eigenvalue weighted by molar-refractivity contribution is -0.118. The standard InChI is InChI=1S/C22H21N5O3S/c1-29-19-9-7-17(8-10-19)21-25-26-22(30-21)31-15-20(28)23-12-11-16-13-24-27(14-16)18-5-3-2-4-6-18/h2-10,13-14H,11-12,15H2,1H3,(H,23,28). The van der Waals surface area contributed by atoms with Crippen LogP contribution in [0.25, 0.3) is 17.1 Å². The van der Waals surface area contributed by atoms with Crippen LogP contribution in [0.15, 0.2) is 76.6 Å². The fraction of sp³-hybridized carbons (Fsp3) is 0.182. The Balaban J connectivity index is 1.21. The first kappa shape index (κ1) is 20.7. The van der Waals surface area contributed by atoms with Gasteiger partial charge in [0.2, 0.25) is 11.8 Å². The number of aromatic nitrogens is 4. The van der Waals surface area contributed by atoms with Crippen LogP contribution in [-0.2, 0) is 11.2 Å². The summed E-state index contributed by atoms with van der Waals surface area (Å²) in [4.78, 5) is 12.1. The first-order valence-corrected chi connectivity index (χ1v) is 10.7. The maximum absolute atomic E-state index is 12.1. The van der Waals surface area contributed by atoms with E-state index in [1.165, 1.54) is 11.8 Å². The van der Waals surface area contributed by atoms with E-state index in [4.69, 9.17) is 9.15 Å². The van der Waals surface area contributed by atoms with Gasteiger partial charge < -0.3 is 14.5 Å². The van der Waals surface area contributed by atoms with Crippen molar-refractivity contribution in [2.45, 2.75) is 11.6 Å². The largest absolute Gasteiger partial charge is 0.497 e. The summed E-state index contributed by atoms with van der Waals surface area (Å²) in [6.45, 7) is 0.529. The molecular formula is C22H21N5O3S. The summed E-state index contributed by atoms with van der Waals surface area (Å²) in [5.74, 6) is 1.26. The monoisotopic (exact) mass is 435 g/mol. The average Bonchev–Trinajstić information content (AvgIpc) is 3.48. The smallest absolute Gasteiger partial charge is 0.277 e. The fourth-order valence-corrected chi connectivity index (χ4v) is 3.45. The van der Waals surface area contributed by atoms with Crippen molar-refractivity contribution in [3.05, 3.63) is 72.6 Å². The first-order chi connectivity index (χ1) is 15.2. The molecule has 2 heterocycles.